The van der Waals surface area contributed by atoms with Crippen LogP contribution in [0.25, 0.3) is 0 Å². The van der Waals surface area contributed by atoms with Crippen LogP contribution < -0.4 is 0 Å². The highest BCUT2D eigenvalue weighted by atomic mass is 79.9. The quantitative estimate of drug-likeness (QED) is 0.846. The number of allylic oxidation sites excluding steroid dienone is 1. The lowest BCUT2D eigenvalue weighted by atomic mass is 9.91. The average molecular weight is 281 g/mol. The molecule has 0 amide bonds. The molecule has 16 heavy (non-hydrogen) atoms. The molecule has 0 saturated carbocycles. The maximum atomic E-state index is 12.2. The van der Waals surface area contributed by atoms with E-state index in [9.17, 15) is 9.90 Å². The Hall–Kier alpha value is -0.930. The van der Waals surface area contributed by atoms with E-state index in [-0.39, 0.29) is 5.78 Å². The van der Waals surface area contributed by atoms with Crippen LogP contribution in [0.15, 0.2) is 40.4 Å². The van der Waals surface area contributed by atoms with Crippen molar-refractivity contribution in [1.29, 1.82) is 0 Å². The molecule has 1 aliphatic rings. The number of halogens is 1. The molecule has 1 atom stereocenters. The number of carbonyl (C=O) groups excluding carboxylic acids is 1. The van der Waals surface area contributed by atoms with E-state index in [0.29, 0.717) is 17.6 Å². The van der Waals surface area contributed by atoms with Crippen LogP contribution in [0.4, 0.5) is 0 Å². The van der Waals surface area contributed by atoms with Gasteiger partial charge in [-0.1, -0.05) is 34.1 Å². The number of aliphatic hydroxyl groups excluding tert-OH is 1. The molecule has 0 spiro atoms. The van der Waals surface area contributed by atoms with Gasteiger partial charge in [0.25, 0.3) is 0 Å². The summed E-state index contributed by atoms with van der Waals surface area (Å²) >= 11 is 3.35. The number of benzene rings is 1. The molecule has 0 bridgehead atoms. The van der Waals surface area contributed by atoms with Gasteiger partial charge in [-0.15, -0.1) is 0 Å². The van der Waals surface area contributed by atoms with E-state index >= 15 is 0 Å². The van der Waals surface area contributed by atoms with Crippen LogP contribution in [0.5, 0.6) is 0 Å². The van der Waals surface area contributed by atoms with Crippen molar-refractivity contribution < 1.29 is 9.90 Å². The van der Waals surface area contributed by atoms with Crippen LogP contribution in [-0.4, -0.2) is 17.0 Å². The Kier molecular flexibility index (Phi) is 3.56. The molecule has 1 aliphatic carbocycles. The normalized spacial score (nSPS) is 20.4. The number of rotatable bonds is 2. The third-order valence-corrected chi connectivity index (χ3v) is 3.48. The molecule has 2 rings (SSSR count). The van der Waals surface area contributed by atoms with Crippen molar-refractivity contribution in [2.24, 2.45) is 0 Å². The van der Waals surface area contributed by atoms with Gasteiger partial charge >= 0.3 is 0 Å². The molecule has 0 unspecified atom stereocenters. The maximum absolute atomic E-state index is 12.2. The Labute approximate surface area is 103 Å². The van der Waals surface area contributed by atoms with Crippen LogP contribution in [-0.2, 0) is 0 Å². The summed E-state index contributed by atoms with van der Waals surface area (Å²) in [5.74, 6) is -0.0697. The fourth-order valence-corrected chi connectivity index (χ4v) is 2.37. The topological polar surface area (TPSA) is 37.3 Å². The highest BCUT2D eigenvalue weighted by Gasteiger charge is 2.23. The third kappa shape index (κ3) is 2.25. The number of ketones is 1. The van der Waals surface area contributed by atoms with Gasteiger partial charge in [0, 0.05) is 15.6 Å². The van der Waals surface area contributed by atoms with Gasteiger partial charge < -0.3 is 5.11 Å². The summed E-state index contributed by atoms with van der Waals surface area (Å²) in [5, 5.41) is 9.79. The lowest BCUT2D eigenvalue weighted by Gasteiger charge is -2.18. The molecule has 0 saturated heterocycles. The van der Waals surface area contributed by atoms with Crippen molar-refractivity contribution in [2.75, 3.05) is 0 Å². The van der Waals surface area contributed by atoms with Crippen LogP contribution in [0.2, 0.25) is 0 Å². The van der Waals surface area contributed by atoms with Crippen LogP contribution >= 0.6 is 15.9 Å². The fraction of sp³-hybridized carbons (Fsp3) is 0.308. The Morgan fingerprint density at radius 2 is 2.12 bits per heavy atom. The highest BCUT2D eigenvalue weighted by molar-refractivity contribution is 9.10. The van der Waals surface area contributed by atoms with Crippen LogP contribution in [0.1, 0.15) is 29.6 Å². The minimum Gasteiger partial charge on any atom is -0.388 e. The van der Waals surface area contributed by atoms with E-state index in [4.69, 9.17) is 0 Å². The number of aliphatic hydroxyl groups is 1. The van der Waals surface area contributed by atoms with Crippen LogP contribution in [0.3, 0.4) is 0 Å². The predicted octanol–water partition coefficient (Wildman–Crippen LogP) is 3.10. The lowest BCUT2D eigenvalue weighted by Crippen LogP contribution is -2.21. The molecular formula is C13H13BrO2. The molecule has 1 aromatic rings. The third-order valence-electron chi connectivity index (χ3n) is 2.79. The maximum Gasteiger partial charge on any atom is 0.192 e. The molecule has 0 fully saturated rings. The van der Waals surface area contributed by atoms with E-state index in [1.165, 1.54) is 0 Å². The smallest absolute Gasteiger partial charge is 0.192 e. The Morgan fingerprint density at radius 3 is 2.81 bits per heavy atom. The first-order valence-electron chi connectivity index (χ1n) is 5.37. The van der Waals surface area contributed by atoms with Crippen LogP contribution in [0, 0.1) is 0 Å². The van der Waals surface area contributed by atoms with Gasteiger partial charge in [-0.25, -0.2) is 0 Å². The first-order chi connectivity index (χ1) is 7.70. The second kappa shape index (κ2) is 4.93. The van der Waals surface area contributed by atoms with Gasteiger partial charge in [-0.2, -0.15) is 0 Å². The summed E-state index contributed by atoms with van der Waals surface area (Å²) in [4.78, 5) is 12.2. The zero-order valence-corrected chi connectivity index (χ0v) is 10.4. The second-order valence-corrected chi connectivity index (χ2v) is 4.77. The lowest BCUT2D eigenvalue weighted by molar-refractivity contribution is 0.0974. The average Bonchev–Trinajstić information content (AvgIpc) is 2.29. The summed E-state index contributed by atoms with van der Waals surface area (Å²) in [5.41, 5.74) is 1.16. The highest BCUT2D eigenvalue weighted by Crippen LogP contribution is 2.25. The molecule has 84 valence electrons. The van der Waals surface area contributed by atoms with Gasteiger partial charge in [0.2, 0.25) is 0 Å². The van der Waals surface area contributed by atoms with E-state index in [1.54, 1.807) is 6.07 Å². The van der Waals surface area contributed by atoms with Crippen molar-refractivity contribution in [3.05, 3.63) is 46.0 Å². The standard InChI is InChI=1S/C13H13BrO2/c14-11-7-3-1-5-9(11)13(16)10-6-2-4-8-12(10)15/h1,3,5-7,12,15H,2,4,8H2/t12-/m0/s1. The number of Topliss-reactive ketones (excluding diaryl/α,β-unsaturated/α-hetero) is 1. The van der Waals surface area contributed by atoms with Gasteiger partial charge in [-0.05, 0) is 31.4 Å². The summed E-state index contributed by atoms with van der Waals surface area (Å²) in [6.45, 7) is 0. The first kappa shape index (κ1) is 11.6. The monoisotopic (exact) mass is 280 g/mol. The van der Waals surface area contributed by atoms with Crippen molar-refractivity contribution >= 4 is 21.7 Å². The van der Waals surface area contributed by atoms with E-state index < -0.39 is 6.10 Å². The van der Waals surface area contributed by atoms with Crippen molar-refractivity contribution in [1.82, 2.24) is 0 Å². The van der Waals surface area contributed by atoms with Crippen molar-refractivity contribution in [3.63, 3.8) is 0 Å². The minimum atomic E-state index is -0.603. The minimum absolute atomic E-state index is 0.0697. The first-order valence-corrected chi connectivity index (χ1v) is 6.17. The second-order valence-electron chi connectivity index (χ2n) is 3.92. The molecule has 0 heterocycles. The fourth-order valence-electron chi connectivity index (χ4n) is 1.91. The van der Waals surface area contributed by atoms with E-state index in [1.807, 2.05) is 24.3 Å². The molecule has 1 aromatic carbocycles. The Balaban J connectivity index is 2.32. The van der Waals surface area contributed by atoms with Gasteiger partial charge in [0.05, 0.1) is 6.10 Å². The molecule has 0 aromatic heterocycles. The summed E-state index contributed by atoms with van der Waals surface area (Å²) < 4.78 is 0.777. The Bertz CT molecular complexity index is 437. The molecule has 1 N–H and O–H groups in total. The van der Waals surface area contributed by atoms with Gasteiger partial charge in [0.1, 0.15) is 0 Å². The van der Waals surface area contributed by atoms with Crippen molar-refractivity contribution in [2.45, 2.75) is 25.4 Å². The summed E-state index contributed by atoms with van der Waals surface area (Å²) in [7, 11) is 0. The zero-order chi connectivity index (χ0) is 11.5. The summed E-state index contributed by atoms with van der Waals surface area (Å²) in [6.07, 6.45) is 3.77. The van der Waals surface area contributed by atoms with Gasteiger partial charge in [0.15, 0.2) is 5.78 Å². The number of hydrogen-bond acceptors (Lipinski definition) is 2. The van der Waals surface area contributed by atoms with Crippen molar-refractivity contribution in [3.8, 4) is 0 Å². The largest absolute Gasteiger partial charge is 0.388 e. The molecular weight excluding hydrogens is 268 g/mol. The number of carbonyl (C=O) groups is 1. The van der Waals surface area contributed by atoms with E-state index in [2.05, 4.69) is 15.9 Å². The molecule has 0 aliphatic heterocycles. The molecule has 3 heteroatoms. The predicted molar refractivity (Wildman–Crippen MR) is 66.4 cm³/mol. The summed E-state index contributed by atoms with van der Waals surface area (Å²) in [6, 6.07) is 7.30. The molecule has 2 nitrogen and oxygen atoms in total. The number of hydrogen-bond donors (Lipinski definition) is 1. The zero-order valence-electron chi connectivity index (χ0n) is 8.82. The van der Waals surface area contributed by atoms with E-state index in [0.717, 1.165) is 17.3 Å². The molecule has 0 radical (unpaired) electrons. The SMILES string of the molecule is O=C(C1=CCCC[C@@H]1O)c1ccccc1Br. The van der Waals surface area contributed by atoms with Gasteiger partial charge in [-0.3, -0.25) is 4.79 Å². The Morgan fingerprint density at radius 1 is 1.38 bits per heavy atom.